The Morgan fingerprint density at radius 3 is 2.08 bits per heavy atom. The van der Waals surface area contributed by atoms with Gasteiger partial charge in [-0.1, -0.05) is 18.7 Å². The molecule has 0 aromatic heterocycles. The molecule has 1 aliphatic rings. The van der Waals surface area contributed by atoms with Crippen LogP contribution in [0.1, 0.15) is 0 Å². The summed E-state index contributed by atoms with van der Waals surface area (Å²) in [5.41, 5.74) is 0. The molecule has 1 saturated heterocycles. The number of aliphatic hydroxyl groups excluding tert-OH is 1. The zero-order valence-corrected chi connectivity index (χ0v) is 20.5. The van der Waals surface area contributed by atoms with Crippen molar-refractivity contribution in [3.63, 3.8) is 0 Å². The zero-order chi connectivity index (χ0) is 16.2. The number of rotatable bonds is 6. The molecule has 1 N–H and O–H groups in total. The summed E-state index contributed by atoms with van der Waals surface area (Å²) in [5, 5.41) is 14.0. The molecular formula is C17H30N4OY2-2. The third-order valence-electron chi connectivity index (χ3n) is 3.64. The first-order chi connectivity index (χ1) is 10.7. The normalized spacial score (nSPS) is 19.0. The van der Waals surface area contributed by atoms with Crippen LogP contribution in [0.5, 0.6) is 0 Å². The molecular weight excluding hydrogens is 454 g/mol. The van der Waals surface area contributed by atoms with Crippen molar-refractivity contribution in [2.45, 2.75) is 0 Å². The van der Waals surface area contributed by atoms with Gasteiger partial charge >= 0.3 is 0 Å². The third-order valence-corrected chi connectivity index (χ3v) is 3.64. The molecule has 0 amide bonds. The van der Waals surface area contributed by atoms with Crippen LogP contribution in [0, 0.1) is 6.54 Å². The van der Waals surface area contributed by atoms with Crippen molar-refractivity contribution in [3.8, 4) is 0 Å². The SMILES string of the molecule is C=CCN1CC[N-]C[CH-]N(CC(=C)O)CCN(CC=C)CC1.[Y].[Y]. The number of nitrogens with zero attached hydrogens (tertiary/aromatic N) is 4. The van der Waals surface area contributed by atoms with Crippen molar-refractivity contribution in [3.05, 3.63) is 49.5 Å². The second-order valence-corrected chi connectivity index (χ2v) is 5.53. The van der Waals surface area contributed by atoms with E-state index in [0.717, 1.165) is 52.4 Å². The molecule has 0 atom stereocenters. The Morgan fingerprint density at radius 1 is 1.00 bits per heavy atom. The zero-order valence-electron chi connectivity index (χ0n) is 14.8. The van der Waals surface area contributed by atoms with E-state index in [4.69, 9.17) is 0 Å². The maximum Gasteiger partial charge on any atom is 0.0966 e. The van der Waals surface area contributed by atoms with E-state index < -0.39 is 0 Å². The molecule has 0 saturated carbocycles. The first-order valence-corrected chi connectivity index (χ1v) is 7.89. The summed E-state index contributed by atoms with van der Waals surface area (Å²) in [5.74, 6) is 0.191. The first kappa shape index (κ1) is 27.3. The molecule has 1 heterocycles. The van der Waals surface area contributed by atoms with Gasteiger partial charge < -0.3 is 20.2 Å². The first-order valence-electron chi connectivity index (χ1n) is 7.89. The fourth-order valence-corrected chi connectivity index (χ4v) is 2.45. The summed E-state index contributed by atoms with van der Waals surface area (Å²) in [7, 11) is 0. The Kier molecular flexibility index (Phi) is 19.9. The van der Waals surface area contributed by atoms with E-state index in [1.165, 1.54) is 0 Å². The minimum Gasteiger partial charge on any atom is -0.686 e. The minimum atomic E-state index is 0. The van der Waals surface area contributed by atoms with Crippen molar-refractivity contribution in [1.29, 1.82) is 0 Å². The molecule has 7 heteroatoms. The van der Waals surface area contributed by atoms with Crippen molar-refractivity contribution in [2.24, 2.45) is 0 Å². The summed E-state index contributed by atoms with van der Waals surface area (Å²) in [6.45, 7) is 21.8. The maximum atomic E-state index is 9.42. The van der Waals surface area contributed by atoms with Gasteiger partial charge in [0.1, 0.15) is 0 Å². The number of hydrogen-bond acceptors (Lipinski definition) is 4. The van der Waals surface area contributed by atoms with Crippen LogP contribution < -0.4 is 0 Å². The molecule has 0 aromatic rings. The molecule has 2 radical (unpaired) electrons. The van der Waals surface area contributed by atoms with Crippen LogP contribution in [0.2, 0.25) is 0 Å². The van der Waals surface area contributed by atoms with E-state index in [1.807, 2.05) is 18.7 Å². The van der Waals surface area contributed by atoms with Gasteiger partial charge in [-0.2, -0.15) is 0 Å². The molecule has 0 spiro atoms. The van der Waals surface area contributed by atoms with Crippen LogP contribution in [-0.4, -0.2) is 85.3 Å². The van der Waals surface area contributed by atoms with Crippen LogP contribution in [-0.2, 0) is 65.4 Å². The summed E-state index contributed by atoms with van der Waals surface area (Å²) >= 11 is 0. The number of hydrogen-bond donors (Lipinski definition) is 1. The quantitative estimate of drug-likeness (QED) is 0.356. The molecule has 0 bridgehead atoms. The predicted molar refractivity (Wildman–Crippen MR) is 94.0 cm³/mol. The molecule has 1 aliphatic heterocycles. The fourth-order valence-electron chi connectivity index (χ4n) is 2.45. The van der Waals surface area contributed by atoms with Crippen LogP contribution in [0.3, 0.4) is 0 Å². The van der Waals surface area contributed by atoms with Gasteiger partial charge in [-0.25, -0.2) is 0 Å². The second kappa shape index (κ2) is 17.5. The van der Waals surface area contributed by atoms with Gasteiger partial charge in [0, 0.05) is 105 Å². The summed E-state index contributed by atoms with van der Waals surface area (Å²) < 4.78 is 0. The Bertz CT molecular complexity index is 355. The predicted octanol–water partition coefficient (Wildman–Crippen LogP) is 1.88. The molecule has 1 rings (SSSR count). The van der Waals surface area contributed by atoms with Crippen LogP contribution in [0.4, 0.5) is 0 Å². The molecule has 0 unspecified atom stereocenters. The smallest absolute Gasteiger partial charge is 0.0966 e. The monoisotopic (exact) mass is 484 g/mol. The van der Waals surface area contributed by atoms with Gasteiger partial charge in [0.05, 0.1) is 5.76 Å². The maximum absolute atomic E-state index is 9.42. The Morgan fingerprint density at radius 2 is 1.54 bits per heavy atom. The molecule has 0 aliphatic carbocycles. The van der Waals surface area contributed by atoms with Crippen molar-refractivity contribution < 1.29 is 70.5 Å². The Balaban J connectivity index is 0. The van der Waals surface area contributed by atoms with Gasteiger partial charge in [-0.05, 0) is 13.1 Å². The average molecular weight is 484 g/mol. The van der Waals surface area contributed by atoms with Crippen molar-refractivity contribution >= 4 is 0 Å². The van der Waals surface area contributed by atoms with E-state index >= 15 is 0 Å². The largest absolute Gasteiger partial charge is 0.686 e. The van der Waals surface area contributed by atoms with Gasteiger partial charge in [0.15, 0.2) is 0 Å². The topological polar surface area (TPSA) is 44.1 Å². The molecule has 0 aromatic carbocycles. The van der Waals surface area contributed by atoms with Crippen LogP contribution in [0.25, 0.3) is 5.32 Å². The van der Waals surface area contributed by atoms with Gasteiger partial charge in [-0.3, -0.25) is 18.0 Å². The average Bonchev–Trinajstić information content (AvgIpc) is 2.46. The summed E-state index contributed by atoms with van der Waals surface area (Å²) in [4.78, 5) is 6.84. The van der Waals surface area contributed by atoms with Crippen LogP contribution >= 0.6 is 0 Å². The van der Waals surface area contributed by atoms with E-state index in [2.05, 4.69) is 39.8 Å². The van der Waals surface area contributed by atoms with Gasteiger partial charge in [0.25, 0.3) is 0 Å². The summed E-state index contributed by atoms with van der Waals surface area (Å²) in [6.07, 6.45) is 3.89. The molecule has 5 nitrogen and oxygen atoms in total. The van der Waals surface area contributed by atoms with E-state index in [1.54, 1.807) is 0 Å². The fraction of sp³-hybridized carbons (Fsp3) is 0.588. The van der Waals surface area contributed by atoms with E-state index in [-0.39, 0.29) is 71.2 Å². The molecule has 1 fully saturated rings. The summed E-state index contributed by atoms with van der Waals surface area (Å²) in [6, 6.07) is 0. The van der Waals surface area contributed by atoms with Gasteiger partial charge in [-0.15, -0.1) is 19.7 Å². The minimum absolute atomic E-state index is 0. The Hall–Kier alpha value is 1.07. The molecule has 24 heavy (non-hydrogen) atoms. The van der Waals surface area contributed by atoms with Crippen LogP contribution in [0.15, 0.2) is 37.6 Å². The van der Waals surface area contributed by atoms with E-state index in [0.29, 0.717) is 13.1 Å². The van der Waals surface area contributed by atoms with Crippen molar-refractivity contribution in [1.82, 2.24) is 14.7 Å². The van der Waals surface area contributed by atoms with E-state index in [9.17, 15) is 5.11 Å². The number of aliphatic hydroxyl groups is 1. The third kappa shape index (κ3) is 13.3. The second-order valence-electron chi connectivity index (χ2n) is 5.53. The Labute approximate surface area is 198 Å². The molecule has 132 valence electrons. The van der Waals surface area contributed by atoms with Gasteiger partial charge in [0.2, 0.25) is 0 Å². The standard InChI is InChI=1S/C17H30N4O.2Y/c1-4-8-19-10-6-18-7-11-21(16-17(3)22)15-14-20(9-5-2)13-12-19;;/h4-5,11,22H,1-3,6-10,12-16H2;;/q-2;;. The van der Waals surface area contributed by atoms with Crippen molar-refractivity contribution in [2.75, 3.05) is 65.4 Å².